The molecule has 0 atom stereocenters. The molecule has 0 spiro atoms. The van der Waals surface area contributed by atoms with Crippen LogP contribution in [0, 0.1) is 0 Å². The first kappa shape index (κ1) is 12.4. The van der Waals surface area contributed by atoms with Gasteiger partial charge in [0.2, 0.25) is 0 Å². The summed E-state index contributed by atoms with van der Waals surface area (Å²) in [6, 6.07) is 14.1. The number of hydrogen-bond donors (Lipinski definition) is 2. The molecule has 0 bridgehead atoms. The van der Waals surface area contributed by atoms with Crippen LogP contribution < -0.4 is 4.65 Å². The Balaban J connectivity index is 2.20. The molecule has 0 aliphatic rings. The zero-order valence-electron chi connectivity index (χ0n) is 9.48. The maximum absolute atomic E-state index is 10.5. The second-order valence-electron chi connectivity index (χ2n) is 3.71. The first-order valence-corrected chi connectivity index (χ1v) is 5.37. The third kappa shape index (κ3) is 2.97. The van der Waals surface area contributed by atoms with Crippen LogP contribution in [0.4, 0.5) is 0 Å². The van der Waals surface area contributed by atoms with Crippen LogP contribution in [0.1, 0.15) is 10.4 Å². The monoisotopic (exact) mass is 242 g/mol. The van der Waals surface area contributed by atoms with Gasteiger partial charge in [-0.2, -0.15) is 0 Å². The van der Waals surface area contributed by atoms with Gasteiger partial charge in [0.15, 0.2) is 0 Å². The van der Waals surface area contributed by atoms with Crippen molar-refractivity contribution in [3.8, 4) is 16.9 Å². The Bertz CT molecular complexity index is 520. The van der Waals surface area contributed by atoms with Crippen LogP contribution in [0.3, 0.4) is 0 Å². The summed E-state index contributed by atoms with van der Waals surface area (Å²) in [5.74, 6) is 0.373. The van der Waals surface area contributed by atoms with Crippen molar-refractivity contribution in [1.29, 1.82) is 0 Å². The molecule has 0 amide bonds. The van der Waals surface area contributed by atoms with E-state index in [-0.39, 0.29) is 0 Å². The van der Waals surface area contributed by atoms with Crippen molar-refractivity contribution in [2.45, 2.75) is 0 Å². The van der Waals surface area contributed by atoms with E-state index in [0.29, 0.717) is 11.3 Å². The fourth-order valence-electron chi connectivity index (χ4n) is 1.60. The van der Waals surface area contributed by atoms with Crippen molar-refractivity contribution in [3.63, 3.8) is 0 Å². The lowest BCUT2D eigenvalue weighted by atomic mass is 10.0. The molecule has 90 valence electrons. The van der Waals surface area contributed by atoms with Crippen molar-refractivity contribution < 1.29 is 19.5 Å². The predicted octanol–water partition coefficient (Wildman–Crippen LogP) is 1.51. The maximum atomic E-state index is 10.5. The predicted molar refractivity (Wildman–Crippen MR) is 68.1 cm³/mol. The molecule has 0 heterocycles. The molecule has 5 heteroatoms. The van der Waals surface area contributed by atoms with Crippen LogP contribution in [0.5, 0.6) is 5.75 Å². The van der Waals surface area contributed by atoms with E-state index < -0.39 is 7.32 Å². The topological polar surface area (TPSA) is 66.8 Å². The Kier molecular flexibility index (Phi) is 3.77. The van der Waals surface area contributed by atoms with Gasteiger partial charge in [-0.05, 0) is 23.3 Å². The van der Waals surface area contributed by atoms with Gasteiger partial charge >= 0.3 is 7.32 Å². The first-order chi connectivity index (χ1) is 8.69. The Morgan fingerprint density at radius 3 is 1.83 bits per heavy atom. The maximum Gasteiger partial charge on any atom is 0.707 e. The SMILES string of the molecule is O=Cc1ccc(-c2ccc(OB(O)O)cc2)cc1. The number of benzene rings is 2. The molecule has 4 nitrogen and oxygen atoms in total. The van der Waals surface area contributed by atoms with Crippen LogP contribution in [-0.2, 0) is 0 Å². The standard InChI is InChI=1S/C13H11BO4/c15-9-10-1-3-11(4-2-10)12-5-7-13(8-6-12)18-14(16)17/h1-9,16-17H. The van der Waals surface area contributed by atoms with Gasteiger partial charge in [0.25, 0.3) is 0 Å². The van der Waals surface area contributed by atoms with E-state index in [1.54, 1.807) is 36.4 Å². The molecule has 0 aliphatic carbocycles. The number of hydrogen-bond acceptors (Lipinski definition) is 4. The summed E-state index contributed by atoms with van der Waals surface area (Å²) in [4.78, 5) is 10.5. The van der Waals surface area contributed by atoms with E-state index in [4.69, 9.17) is 14.7 Å². The van der Waals surface area contributed by atoms with Crippen molar-refractivity contribution in [3.05, 3.63) is 54.1 Å². The molecule has 2 aromatic carbocycles. The van der Waals surface area contributed by atoms with Crippen LogP contribution in [0.25, 0.3) is 11.1 Å². The van der Waals surface area contributed by atoms with Crippen LogP contribution >= 0.6 is 0 Å². The number of aldehydes is 1. The van der Waals surface area contributed by atoms with E-state index in [1.165, 1.54) is 0 Å². The fourth-order valence-corrected chi connectivity index (χ4v) is 1.60. The molecule has 0 aliphatic heterocycles. The summed E-state index contributed by atoms with van der Waals surface area (Å²) in [5, 5.41) is 17.3. The average molecular weight is 242 g/mol. The lowest BCUT2D eigenvalue weighted by molar-refractivity contribution is 0.112. The normalized spacial score (nSPS) is 9.89. The Morgan fingerprint density at radius 1 is 0.889 bits per heavy atom. The van der Waals surface area contributed by atoms with Crippen molar-refractivity contribution >= 4 is 13.6 Å². The summed E-state index contributed by atoms with van der Waals surface area (Å²) in [6.45, 7) is 0. The minimum Gasteiger partial charge on any atom is -0.512 e. The highest BCUT2D eigenvalue weighted by atomic mass is 16.6. The lowest BCUT2D eigenvalue weighted by Gasteiger charge is -2.06. The van der Waals surface area contributed by atoms with Gasteiger partial charge in [-0.1, -0.05) is 36.4 Å². The van der Waals surface area contributed by atoms with Crippen LogP contribution in [0.2, 0.25) is 0 Å². The van der Waals surface area contributed by atoms with Gasteiger partial charge in [0, 0.05) is 5.56 Å². The fraction of sp³-hybridized carbons (Fsp3) is 0. The molecule has 0 aromatic heterocycles. The highest BCUT2D eigenvalue weighted by Crippen LogP contribution is 2.22. The zero-order valence-corrected chi connectivity index (χ0v) is 9.48. The Morgan fingerprint density at radius 2 is 1.39 bits per heavy atom. The zero-order chi connectivity index (χ0) is 13.0. The molecule has 2 rings (SSSR count). The average Bonchev–Trinajstić information content (AvgIpc) is 2.39. The molecule has 18 heavy (non-hydrogen) atoms. The summed E-state index contributed by atoms with van der Waals surface area (Å²) < 4.78 is 4.71. The number of carbonyl (C=O) groups excluding carboxylic acids is 1. The van der Waals surface area contributed by atoms with Gasteiger partial charge in [-0.25, -0.2) is 0 Å². The molecular weight excluding hydrogens is 231 g/mol. The quantitative estimate of drug-likeness (QED) is 0.630. The van der Waals surface area contributed by atoms with E-state index in [2.05, 4.69) is 0 Å². The van der Waals surface area contributed by atoms with E-state index in [1.807, 2.05) is 12.1 Å². The summed E-state index contributed by atoms with van der Waals surface area (Å²) in [7, 11) is -1.82. The Labute approximate surface area is 105 Å². The van der Waals surface area contributed by atoms with Gasteiger partial charge < -0.3 is 14.7 Å². The van der Waals surface area contributed by atoms with E-state index in [9.17, 15) is 4.79 Å². The van der Waals surface area contributed by atoms with Gasteiger partial charge in [0.1, 0.15) is 12.0 Å². The third-order valence-electron chi connectivity index (χ3n) is 2.48. The van der Waals surface area contributed by atoms with Gasteiger partial charge in [-0.15, -0.1) is 0 Å². The number of carbonyl (C=O) groups is 1. The van der Waals surface area contributed by atoms with E-state index >= 15 is 0 Å². The molecular formula is C13H11BO4. The molecule has 2 aromatic rings. The number of rotatable bonds is 4. The molecule has 0 unspecified atom stereocenters. The van der Waals surface area contributed by atoms with Crippen molar-refractivity contribution in [1.82, 2.24) is 0 Å². The molecule has 0 radical (unpaired) electrons. The third-order valence-corrected chi connectivity index (χ3v) is 2.48. The second kappa shape index (κ2) is 5.49. The molecule has 0 fully saturated rings. The van der Waals surface area contributed by atoms with Crippen LogP contribution in [-0.4, -0.2) is 23.7 Å². The molecule has 2 N–H and O–H groups in total. The molecule has 0 saturated heterocycles. The van der Waals surface area contributed by atoms with Crippen LogP contribution in [0.15, 0.2) is 48.5 Å². The summed E-state index contributed by atoms with van der Waals surface area (Å²) in [5.41, 5.74) is 2.55. The van der Waals surface area contributed by atoms with Crippen molar-refractivity contribution in [2.75, 3.05) is 0 Å². The highest BCUT2D eigenvalue weighted by molar-refractivity contribution is 6.33. The van der Waals surface area contributed by atoms with Crippen molar-refractivity contribution in [2.24, 2.45) is 0 Å². The van der Waals surface area contributed by atoms with Gasteiger partial charge in [0.05, 0.1) is 0 Å². The minimum absolute atomic E-state index is 0.373. The van der Waals surface area contributed by atoms with E-state index in [0.717, 1.165) is 17.4 Å². The summed E-state index contributed by atoms with van der Waals surface area (Å²) >= 11 is 0. The Hall–Kier alpha value is -2.11. The lowest BCUT2D eigenvalue weighted by Crippen LogP contribution is -2.20. The summed E-state index contributed by atoms with van der Waals surface area (Å²) in [6.07, 6.45) is 0.795. The second-order valence-corrected chi connectivity index (χ2v) is 3.71. The smallest absolute Gasteiger partial charge is 0.512 e. The van der Waals surface area contributed by atoms with Gasteiger partial charge in [-0.3, -0.25) is 4.79 Å². The highest BCUT2D eigenvalue weighted by Gasteiger charge is 2.10. The minimum atomic E-state index is -1.82. The first-order valence-electron chi connectivity index (χ1n) is 5.37. The molecule has 0 saturated carbocycles. The largest absolute Gasteiger partial charge is 0.707 e.